The van der Waals surface area contributed by atoms with Crippen molar-refractivity contribution in [3.63, 3.8) is 0 Å². The molecule has 0 saturated carbocycles. The fourth-order valence-electron chi connectivity index (χ4n) is 2.19. The number of aliphatic imine (C=N–C) groups is 1. The van der Waals surface area contributed by atoms with Crippen molar-refractivity contribution in [1.29, 1.82) is 0 Å². The highest BCUT2D eigenvalue weighted by molar-refractivity contribution is 6.03. The lowest BCUT2D eigenvalue weighted by Gasteiger charge is -2.05. The zero-order chi connectivity index (χ0) is 12.7. The van der Waals surface area contributed by atoms with E-state index in [1.165, 1.54) is 0 Å². The van der Waals surface area contributed by atoms with Crippen LogP contribution in [0, 0.1) is 0 Å². The van der Waals surface area contributed by atoms with Gasteiger partial charge >= 0.3 is 0 Å². The van der Waals surface area contributed by atoms with Gasteiger partial charge in [0.15, 0.2) is 0 Å². The lowest BCUT2D eigenvalue weighted by atomic mass is 10.0. The molecule has 1 aromatic rings. The third kappa shape index (κ3) is 1.59. The fourth-order valence-corrected chi connectivity index (χ4v) is 2.19. The third-order valence-electron chi connectivity index (χ3n) is 3.14. The largest absolute Gasteiger partial charge is 0.225 e. The minimum absolute atomic E-state index is 0.545. The molecule has 0 fully saturated rings. The van der Waals surface area contributed by atoms with Gasteiger partial charge in [-0.25, -0.2) is 4.99 Å². The number of fused-ring (bicyclic) bond motifs is 3. The maximum absolute atomic E-state index is 4.44. The van der Waals surface area contributed by atoms with E-state index < -0.39 is 0 Å². The molecule has 0 saturated heterocycles. The molecule has 3 aliphatic rings. The van der Waals surface area contributed by atoms with Crippen molar-refractivity contribution in [2.45, 2.75) is 6.42 Å². The lowest BCUT2D eigenvalue weighted by molar-refractivity contribution is 1.10. The van der Waals surface area contributed by atoms with E-state index >= 15 is 0 Å². The van der Waals surface area contributed by atoms with Crippen LogP contribution in [-0.4, -0.2) is 5.84 Å². The fraction of sp³-hybridized carbons (Fsp3) is 0.0714. The second kappa shape index (κ2) is 3.91. The molecule has 5 heteroatoms. The Morgan fingerprint density at radius 2 is 1.68 bits per heavy atom. The number of benzene rings is 1. The first-order valence-corrected chi connectivity index (χ1v) is 6.04. The smallest absolute Gasteiger partial charge is 0.203 e. The molecule has 0 radical (unpaired) electrons. The average molecular weight is 247 g/mol. The SMILES string of the molecule is C1=CCC2=C3N=Nc4ccccc4N=NC3=NC2=C1. The second-order valence-electron chi connectivity index (χ2n) is 4.34. The summed E-state index contributed by atoms with van der Waals surface area (Å²) in [6.07, 6.45) is 6.83. The number of allylic oxidation sites excluding steroid dienone is 4. The Morgan fingerprint density at radius 3 is 2.53 bits per heavy atom. The Labute approximate surface area is 109 Å². The van der Waals surface area contributed by atoms with Crippen LogP contribution in [0.15, 0.2) is 84.9 Å². The average Bonchev–Trinajstić information content (AvgIpc) is 2.78. The highest BCUT2D eigenvalue weighted by Gasteiger charge is 2.25. The summed E-state index contributed by atoms with van der Waals surface area (Å²) in [4.78, 5) is 4.44. The van der Waals surface area contributed by atoms with Gasteiger partial charge in [-0.3, -0.25) is 0 Å². The quantitative estimate of drug-likeness (QED) is 0.653. The van der Waals surface area contributed by atoms with E-state index in [-0.39, 0.29) is 0 Å². The van der Waals surface area contributed by atoms with E-state index in [4.69, 9.17) is 0 Å². The molecule has 90 valence electrons. The molecule has 2 aliphatic heterocycles. The number of amidine groups is 1. The van der Waals surface area contributed by atoms with E-state index in [0.717, 1.165) is 29.1 Å². The van der Waals surface area contributed by atoms with Gasteiger partial charge in [-0.1, -0.05) is 24.3 Å². The van der Waals surface area contributed by atoms with Crippen LogP contribution in [-0.2, 0) is 0 Å². The van der Waals surface area contributed by atoms with Crippen LogP contribution >= 0.6 is 0 Å². The molecular formula is C14H9N5. The second-order valence-corrected chi connectivity index (χ2v) is 4.34. The van der Waals surface area contributed by atoms with Crippen molar-refractivity contribution < 1.29 is 0 Å². The molecule has 0 unspecified atom stereocenters. The van der Waals surface area contributed by atoms with Crippen molar-refractivity contribution in [3.8, 4) is 0 Å². The highest BCUT2D eigenvalue weighted by atomic mass is 15.2. The number of rotatable bonds is 0. The van der Waals surface area contributed by atoms with Gasteiger partial charge in [0.25, 0.3) is 0 Å². The van der Waals surface area contributed by atoms with Crippen LogP contribution in [0.4, 0.5) is 11.4 Å². The van der Waals surface area contributed by atoms with Crippen LogP contribution in [0.25, 0.3) is 0 Å². The summed E-state index contributed by atoms with van der Waals surface area (Å²) in [6, 6.07) is 7.54. The molecule has 1 aliphatic carbocycles. The summed E-state index contributed by atoms with van der Waals surface area (Å²) in [7, 11) is 0. The lowest BCUT2D eigenvalue weighted by Crippen LogP contribution is -1.95. The summed E-state index contributed by atoms with van der Waals surface area (Å²) in [6.45, 7) is 0. The summed E-state index contributed by atoms with van der Waals surface area (Å²) in [5.74, 6) is 0.545. The van der Waals surface area contributed by atoms with Crippen molar-refractivity contribution >= 4 is 17.2 Å². The van der Waals surface area contributed by atoms with Gasteiger partial charge in [-0.15, -0.1) is 20.5 Å². The van der Waals surface area contributed by atoms with E-state index in [0.29, 0.717) is 11.5 Å². The Hall–Kier alpha value is -2.69. The molecule has 0 N–H and O–H groups in total. The highest BCUT2D eigenvalue weighted by Crippen LogP contribution is 2.36. The first-order chi connectivity index (χ1) is 9.42. The van der Waals surface area contributed by atoms with Gasteiger partial charge in [0.2, 0.25) is 5.84 Å². The zero-order valence-electron chi connectivity index (χ0n) is 9.98. The summed E-state index contributed by atoms with van der Waals surface area (Å²) in [5, 5.41) is 17.0. The first kappa shape index (κ1) is 10.3. The topological polar surface area (TPSA) is 61.8 Å². The molecule has 1 aromatic carbocycles. The molecule has 0 amide bonds. The number of azo groups is 2. The van der Waals surface area contributed by atoms with Gasteiger partial charge in [0.05, 0.1) is 5.70 Å². The molecule has 0 spiro atoms. The Kier molecular flexibility index (Phi) is 2.11. The molecule has 19 heavy (non-hydrogen) atoms. The third-order valence-corrected chi connectivity index (χ3v) is 3.14. The predicted molar refractivity (Wildman–Crippen MR) is 71.8 cm³/mol. The van der Waals surface area contributed by atoms with E-state index in [9.17, 15) is 0 Å². The van der Waals surface area contributed by atoms with Gasteiger partial charge in [0.1, 0.15) is 17.1 Å². The monoisotopic (exact) mass is 247 g/mol. The zero-order valence-corrected chi connectivity index (χ0v) is 9.98. The molecule has 0 aromatic heterocycles. The van der Waals surface area contributed by atoms with Crippen LogP contribution in [0.2, 0.25) is 0 Å². The minimum Gasteiger partial charge on any atom is -0.225 e. The Morgan fingerprint density at radius 1 is 0.895 bits per heavy atom. The maximum Gasteiger partial charge on any atom is 0.203 e. The molecule has 0 atom stereocenters. The first-order valence-electron chi connectivity index (χ1n) is 6.04. The van der Waals surface area contributed by atoms with Crippen molar-refractivity contribution in [3.05, 3.63) is 59.5 Å². The van der Waals surface area contributed by atoms with Gasteiger partial charge < -0.3 is 0 Å². The van der Waals surface area contributed by atoms with Crippen molar-refractivity contribution in [1.82, 2.24) is 0 Å². The standard InChI is InChI=1S/C14H9N5/c1-2-6-10-9(5-1)13-14(15-10)19-17-12-8-4-3-7-11(12)16-18-13/h1-4,6-8H,5H2. The van der Waals surface area contributed by atoms with Crippen LogP contribution in [0.1, 0.15) is 6.42 Å². The van der Waals surface area contributed by atoms with E-state index in [1.807, 2.05) is 36.4 Å². The van der Waals surface area contributed by atoms with Crippen LogP contribution in [0.5, 0.6) is 0 Å². The number of nitrogens with zero attached hydrogens (tertiary/aromatic N) is 5. The molecule has 5 nitrogen and oxygen atoms in total. The minimum atomic E-state index is 0.545. The summed E-state index contributed by atoms with van der Waals surface area (Å²) < 4.78 is 0. The predicted octanol–water partition coefficient (Wildman–Crippen LogP) is 4.38. The van der Waals surface area contributed by atoms with E-state index in [2.05, 4.69) is 31.5 Å². The molecule has 2 heterocycles. The molecule has 4 rings (SSSR count). The maximum atomic E-state index is 4.44. The van der Waals surface area contributed by atoms with Gasteiger partial charge in [0, 0.05) is 5.57 Å². The number of hydrogen-bond donors (Lipinski definition) is 0. The van der Waals surface area contributed by atoms with Gasteiger partial charge in [-0.2, -0.15) is 0 Å². The molecular weight excluding hydrogens is 238 g/mol. The van der Waals surface area contributed by atoms with Crippen molar-refractivity contribution in [2.75, 3.05) is 0 Å². The Balaban J connectivity index is 1.91. The van der Waals surface area contributed by atoms with E-state index in [1.54, 1.807) is 0 Å². The van der Waals surface area contributed by atoms with Gasteiger partial charge in [-0.05, 0) is 24.6 Å². The van der Waals surface area contributed by atoms with Crippen LogP contribution in [0.3, 0.4) is 0 Å². The molecule has 0 bridgehead atoms. The summed E-state index contributed by atoms with van der Waals surface area (Å²) in [5.41, 5.74) is 4.15. The summed E-state index contributed by atoms with van der Waals surface area (Å²) >= 11 is 0. The van der Waals surface area contributed by atoms with Crippen LogP contribution < -0.4 is 0 Å². The number of hydrogen-bond acceptors (Lipinski definition) is 5. The normalized spacial score (nSPS) is 19.2. The van der Waals surface area contributed by atoms with Crippen molar-refractivity contribution in [2.24, 2.45) is 25.4 Å². The Bertz CT molecular complexity index is 747.